The van der Waals surface area contributed by atoms with Gasteiger partial charge < -0.3 is 14.6 Å². The van der Waals surface area contributed by atoms with Crippen molar-refractivity contribution in [3.63, 3.8) is 0 Å². The molecular weight excluding hydrogens is 354 g/mol. The molecule has 28 heavy (non-hydrogen) atoms. The van der Waals surface area contributed by atoms with Crippen LogP contribution in [-0.4, -0.2) is 48.4 Å². The zero-order chi connectivity index (χ0) is 19.3. The molecule has 1 saturated carbocycles. The molecule has 0 bridgehead atoms. The van der Waals surface area contributed by atoms with Crippen LogP contribution in [0.1, 0.15) is 25.6 Å². The Morgan fingerprint density at radius 3 is 2.86 bits per heavy atom. The van der Waals surface area contributed by atoms with Gasteiger partial charge in [-0.05, 0) is 44.9 Å². The van der Waals surface area contributed by atoms with Crippen LogP contribution in [0, 0.1) is 6.92 Å². The number of pyridine rings is 1. The maximum absolute atomic E-state index is 5.33. The van der Waals surface area contributed by atoms with Crippen molar-refractivity contribution < 1.29 is 4.74 Å². The van der Waals surface area contributed by atoms with E-state index in [2.05, 4.69) is 31.9 Å². The highest BCUT2D eigenvalue weighted by Gasteiger charge is 2.29. The van der Waals surface area contributed by atoms with E-state index in [0.29, 0.717) is 18.1 Å². The van der Waals surface area contributed by atoms with Gasteiger partial charge in [0.2, 0.25) is 5.95 Å². The summed E-state index contributed by atoms with van der Waals surface area (Å²) in [6.45, 7) is 4.96. The number of hydrogen-bond donors (Lipinski definition) is 1. The Morgan fingerprint density at radius 2 is 2.07 bits per heavy atom. The number of imidazole rings is 1. The highest BCUT2D eigenvalue weighted by molar-refractivity contribution is 5.82. The van der Waals surface area contributed by atoms with Gasteiger partial charge in [0.1, 0.15) is 11.3 Å². The van der Waals surface area contributed by atoms with Gasteiger partial charge in [0, 0.05) is 31.5 Å². The van der Waals surface area contributed by atoms with Crippen LogP contribution in [0.2, 0.25) is 0 Å². The van der Waals surface area contributed by atoms with E-state index >= 15 is 0 Å². The second kappa shape index (κ2) is 6.56. The van der Waals surface area contributed by atoms with Gasteiger partial charge in [0.25, 0.3) is 0 Å². The maximum Gasteiger partial charge on any atom is 0.241 e. The molecule has 1 N–H and O–H groups in total. The molecule has 1 fully saturated rings. The molecule has 0 aliphatic heterocycles. The Labute approximate surface area is 162 Å². The lowest BCUT2D eigenvalue weighted by molar-refractivity contribution is 0.0326. The van der Waals surface area contributed by atoms with E-state index in [-0.39, 0.29) is 0 Å². The first-order chi connectivity index (χ1) is 13.7. The SMILES string of the molecule is CCn1c(C)nc2ccc(-c3ccn4nc(N[C@H]5C[C@H](OC)C5)ncc34)nc21. The average Bonchev–Trinajstić information content (AvgIpc) is 3.23. The first-order valence-electron chi connectivity index (χ1n) is 9.64. The van der Waals surface area contributed by atoms with E-state index in [9.17, 15) is 0 Å². The number of aryl methyl sites for hydroxylation is 2. The van der Waals surface area contributed by atoms with Crippen LogP contribution in [0.15, 0.2) is 30.6 Å². The van der Waals surface area contributed by atoms with Gasteiger partial charge in [-0.25, -0.2) is 19.5 Å². The Hall–Kier alpha value is -3.00. The first-order valence-corrected chi connectivity index (χ1v) is 9.64. The third-order valence-corrected chi connectivity index (χ3v) is 5.55. The lowest BCUT2D eigenvalue weighted by atomic mass is 9.89. The quantitative estimate of drug-likeness (QED) is 0.576. The summed E-state index contributed by atoms with van der Waals surface area (Å²) in [6.07, 6.45) is 6.13. The lowest BCUT2D eigenvalue weighted by Crippen LogP contribution is -2.40. The number of anilines is 1. The fourth-order valence-corrected chi connectivity index (χ4v) is 3.88. The molecule has 4 heterocycles. The standard InChI is InChI=1S/C20H23N7O/c1-4-26-12(2)22-17-6-5-16(24-19(17)26)15-7-8-27-18(15)11-21-20(25-27)23-13-9-14(10-13)28-3/h5-8,11,13-14H,4,9-10H2,1-3H3,(H,23,25)/t13-,14-. The van der Waals surface area contributed by atoms with E-state index < -0.39 is 0 Å². The predicted octanol–water partition coefficient (Wildman–Crippen LogP) is 3.06. The summed E-state index contributed by atoms with van der Waals surface area (Å²) in [4.78, 5) is 14.0. The summed E-state index contributed by atoms with van der Waals surface area (Å²) in [5.41, 5.74) is 4.67. The summed E-state index contributed by atoms with van der Waals surface area (Å²) < 4.78 is 9.31. The molecule has 0 aromatic carbocycles. The molecule has 8 heteroatoms. The van der Waals surface area contributed by atoms with Gasteiger partial charge in [-0.1, -0.05) is 0 Å². The van der Waals surface area contributed by atoms with Crippen molar-refractivity contribution in [1.82, 2.24) is 29.1 Å². The van der Waals surface area contributed by atoms with Crippen molar-refractivity contribution >= 4 is 22.6 Å². The minimum Gasteiger partial charge on any atom is -0.381 e. The van der Waals surface area contributed by atoms with E-state index in [1.165, 1.54) is 0 Å². The van der Waals surface area contributed by atoms with Gasteiger partial charge in [-0.2, -0.15) is 0 Å². The number of aromatic nitrogens is 6. The van der Waals surface area contributed by atoms with E-state index in [1.807, 2.05) is 42.0 Å². The molecule has 4 aromatic rings. The molecule has 0 radical (unpaired) electrons. The van der Waals surface area contributed by atoms with E-state index in [4.69, 9.17) is 9.72 Å². The molecule has 0 atom stereocenters. The van der Waals surface area contributed by atoms with E-state index in [0.717, 1.165) is 53.1 Å². The third-order valence-electron chi connectivity index (χ3n) is 5.55. The summed E-state index contributed by atoms with van der Waals surface area (Å²) in [7, 11) is 1.75. The minimum absolute atomic E-state index is 0.348. The van der Waals surface area contributed by atoms with Crippen molar-refractivity contribution in [1.29, 1.82) is 0 Å². The monoisotopic (exact) mass is 377 g/mol. The van der Waals surface area contributed by atoms with Gasteiger partial charge in [-0.3, -0.25) is 0 Å². The number of fused-ring (bicyclic) bond motifs is 2. The first kappa shape index (κ1) is 17.1. The number of rotatable bonds is 5. The number of nitrogens with one attached hydrogen (secondary N) is 1. The summed E-state index contributed by atoms with van der Waals surface area (Å²) in [5, 5.41) is 7.98. The van der Waals surface area contributed by atoms with Crippen LogP contribution in [0.5, 0.6) is 0 Å². The van der Waals surface area contributed by atoms with Gasteiger partial charge in [0.15, 0.2) is 5.65 Å². The Kier molecular flexibility index (Phi) is 4.01. The molecule has 144 valence electrons. The normalized spacial score (nSPS) is 19.2. The van der Waals surface area contributed by atoms with E-state index in [1.54, 1.807) is 7.11 Å². The Morgan fingerprint density at radius 1 is 1.21 bits per heavy atom. The molecule has 0 saturated heterocycles. The van der Waals surface area contributed by atoms with Gasteiger partial charge >= 0.3 is 0 Å². The fourth-order valence-electron chi connectivity index (χ4n) is 3.88. The minimum atomic E-state index is 0.348. The highest BCUT2D eigenvalue weighted by Crippen LogP contribution is 2.28. The van der Waals surface area contributed by atoms with Crippen LogP contribution in [0.4, 0.5) is 5.95 Å². The number of methoxy groups -OCH3 is 1. The molecule has 1 aliphatic rings. The van der Waals surface area contributed by atoms with Crippen molar-refractivity contribution in [2.45, 2.75) is 45.4 Å². The zero-order valence-electron chi connectivity index (χ0n) is 16.3. The topological polar surface area (TPSA) is 82.2 Å². The molecule has 0 spiro atoms. The predicted molar refractivity (Wildman–Crippen MR) is 107 cm³/mol. The number of hydrogen-bond acceptors (Lipinski definition) is 6. The van der Waals surface area contributed by atoms with Crippen LogP contribution in [0.25, 0.3) is 27.9 Å². The van der Waals surface area contributed by atoms with Crippen LogP contribution >= 0.6 is 0 Å². The Balaban J connectivity index is 1.47. The largest absolute Gasteiger partial charge is 0.381 e. The Bertz CT molecular complexity index is 1160. The summed E-state index contributed by atoms with van der Waals surface area (Å²) >= 11 is 0. The summed E-state index contributed by atoms with van der Waals surface area (Å²) in [5.74, 6) is 1.62. The molecular formula is C20H23N7O. The fraction of sp³-hybridized carbons (Fsp3) is 0.400. The van der Waals surface area contributed by atoms with Crippen molar-refractivity contribution in [2.75, 3.05) is 12.4 Å². The second-order valence-corrected chi connectivity index (χ2v) is 7.25. The van der Waals surface area contributed by atoms with Gasteiger partial charge in [0.05, 0.1) is 23.5 Å². The highest BCUT2D eigenvalue weighted by atomic mass is 16.5. The van der Waals surface area contributed by atoms with Crippen LogP contribution in [-0.2, 0) is 11.3 Å². The molecule has 1 aliphatic carbocycles. The maximum atomic E-state index is 5.33. The molecule has 4 aromatic heterocycles. The van der Waals surface area contributed by atoms with Crippen LogP contribution in [0.3, 0.4) is 0 Å². The average molecular weight is 377 g/mol. The van der Waals surface area contributed by atoms with Crippen molar-refractivity contribution in [2.24, 2.45) is 0 Å². The molecule has 5 rings (SSSR count). The summed E-state index contributed by atoms with van der Waals surface area (Å²) in [6, 6.07) is 6.44. The second-order valence-electron chi connectivity index (χ2n) is 7.25. The molecule has 0 unspecified atom stereocenters. The van der Waals surface area contributed by atoms with Crippen molar-refractivity contribution in [3.8, 4) is 11.3 Å². The molecule has 0 amide bonds. The smallest absolute Gasteiger partial charge is 0.241 e. The molecule has 8 nitrogen and oxygen atoms in total. The van der Waals surface area contributed by atoms with Crippen molar-refractivity contribution in [3.05, 3.63) is 36.4 Å². The zero-order valence-corrected chi connectivity index (χ0v) is 16.3. The number of ether oxygens (including phenoxy) is 1. The van der Waals surface area contributed by atoms with Crippen LogP contribution < -0.4 is 5.32 Å². The third kappa shape index (κ3) is 2.72. The van der Waals surface area contributed by atoms with Gasteiger partial charge in [-0.15, -0.1) is 5.10 Å². The number of nitrogens with zero attached hydrogens (tertiary/aromatic N) is 6. The lowest BCUT2D eigenvalue weighted by Gasteiger charge is -2.34.